The van der Waals surface area contributed by atoms with Gasteiger partial charge in [0.15, 0.2) is 10.8 Å². The Balaban J connectivity index is 1.32. The quantitative estimate of drug-likeness (QED) is 0.596. The zero-order chi connectivity index (χ0) is 21.9. The van der Waals surface area contributed by atoms with Gasteiger partial charge in [0.25, 0.3) is 10.0 Å². The molecule has 164 valence electrons. The highest BCUT2D eigenvalue weighted by atomic mass is 32.2. The molecule has 2 aliphatic rings. The van der Waals surface area contributed by atoms with Crippen molar-refractivity contribution in [1.82, 2.24) is 33.6 Å². The van der Waals surface area contributed by atoms with E-state index in [1.165, 1.54) is 0 Å². The predicted molar refractivity (Wildman–Crippen MR) is 115 cm³/mol. The van der Waals surface area contributed by atoms with Crippen molar-refractivity contribution < 1.29 is 8.42 Å². The third-order valence-electron chi connectivity index (χ3n) is 6.33. The summed E-state index contributed by atoms with van der Waals surface area (Å²) in [5, 5.41) is 4.64. The van der Waals surface area contributed by atoms with Crippen molar-refractivity contribution >= 4 is 15.8 Å². The molecule has 2 aliphatic heterocycles. The Kier molecular flexibility index (Phi) is 4.63. The second-order valence-corrected chi connectivity index (χ2v) is 10.4. The average Bonchev–Trinajstić information content (AvgIpc) is 3.46. The van der Waals surface area contributed by atoms with Crippen molar-refractivity contribution in [1.29, 1.82) is 0 Å². The largest absolute Gasteiger partial charge is 0.356 e. The molecule has 0 radical (unpaired) electrons. The number of aryl methyl sites for hydroxylation is 4. The van der Waals surface area contributed by atoms with Crippen LogP contribution < -0.4 is 4.90 Å². The molecule has 2 atom stereocenters. The smallest absolute Gasteiger partial charge is 0.262 e. The second-order valence-electron chi connectivity index (χ2n) is 8.56. The van der Waals surface area contributed by atoms with Gasteiger partial charge in [-0.05, 0) is 38.7 Å². The first-order chi connectivity index (χ1) is 14.7. The van der Waals surface area contributed by atoms with Gasteiger partial charge in [0.2, 0.25) is 0 Å². The van der Waals surface area contributed by atoms with Gasteiger partial charge in [-0.1, -0.05) is 0 Å². The van der Waals surface area contributed by atoms with Crippen LogP contribution in [0.25, 0.3) is 5.82 Å². The first-order valence-corrected chi connectivity index (χ1v) is 11.8. The van der Waals surface area contributed by atoms with E-state index in [0.29, 0.717) is 18.9 Å². The predicted octanol–water partition coefficient (Wildman–Crippen LogP) is 1.08. The molecular formula is C20H26N8O2S. The Hall–Kier alpha value is -2.79. The molecule has 0 aromatic carbocycles. The third kappa shape index (κ3) is 3.41. The summed E-state index contributed by atoms with van der Waals surface area (Å²) >= 11 is 0. The first kappa shape index (κ1) is 20.1. The molecule has 5 rings (SSSR count). The monoisotopic (exact) mass is 442 g/mol. The Bertz CT molecular complexity index is 1210. The fourth-order valence-electron chi connectivity index (χ4n) is 4.60. The molecule has 0 amide bonds. The Labute approximate surface area is 181 Å². The zero-order valence-corrected chi connectivity index (χ0v) is 18.9. The van der Waals surface area contributed by atoms with Crippen molar-refractivity contribution in [3.63, 3.8) is 0 Å². The van der Waals surface area contributed by atoms with Crippen LogP contribution in [-0.2, 0) is 17.1 Å². The van der Waals surface area contributed by atoms with Gasteiger partial charge in [-0.15, -0.1) is 0 Å². The molecule has 31 heavy (non-hydrogen) atoms. The summed E-state index contributed by atoms with van der Waals surface area (Å²) in [5.74, 6) is 2.81. The first-order valence-electron chi connectivity index (χ1n) is 10.3. The van der Waals surface area contributed by atoms with Gasteiger partial charge in [0.1, 0.15) is 18.0 Å². The summed E-state index contributed by atoms with van der Waals surface area (Å²) < 4.78 is 31.2. The standard InChI is InChI=1S/C20H26N8O2S/c1-13-5-14(2)28(24-13)19-6-18(21-12-22-19)26-7-16-9-27(10-17(16)8-26)31(29,30)20-11-25(4)15(3)23-20/h5-6,11-12,16-17H,7-10H2,1-4H3. The van der Waals surface area contributed by atoms with Crippen LogP contribution in [0.1, 0.15) is 17.2 Å². The number of nitrogens with zero attached hydrogens (tertiary/aromatic N) is 8. The maximum atomic E-state index is 13.0. The number of hydrogen-bond donors (Lipinski definition) is 0. The highest BCUT2D eigenvalue weighted by Gasteiger charge is 2.45. The number of fused-ring (bicyclic) bond motifs is 1. The lowest BCUT2D eigenvalue weighted by Gasteiger charge is -2.22. The summed E-state index contributed by atoms with van der Waals surface area (Å²) in [6.07, 6.45) is 3.15. The number of imidazole rings is 1. The Morgan fingerprint density at radius 2 is 1.65 bits per heavy atom. The molecule has 3 aromatic rings. The zero-order valence-electron chi connectivity index (χ0n) is 18.1. The van der Waals surface area contributed by atoms with E-state index < -0.39 is 10.0 Å². The maximum Gasteiger partial charge on any atom is 0.262 e. The summed E-state index contributed by atoms with van der Waals surface area (Å²) in [6, 6.07) is 3.96. The molecule has 5 heterocycles. The number of rotatable bonds is 4. The van der Waals surface area contributed by atoms with Crippen LogP contribution in [0.5, 0.6) is 0 Å². The fourth-order valence-corrected chi connectivity index (χ4v) is 6.18. The second kappa shape index (κ2) is 7.13. The van der Waals surface area contributed by atoms with E-state index in [0.717, 1.165) is 36.1 Å². The van der Waals surface area contributed by atoms with Crippen molar-refractivity contribution in [2.75, 3.05) is 31.1 Å². The highest BCUT2D eigenvalue weighted by Crippen LogP contribution is 2.36. The number of anilines is 1. The molecule has 2 unspecified atom stereocenters. The summed E-state index contributed by atoms with van der Waals surface area (Å²) in [5.41, 5.74) is 1.96. The van der Waals surface area contributed by atoms with Crippen LogP contribution in [0.15, 0.2) is 29.7 Å². The molecule has 2 fully saturated rings. The molecule has 0 spiro atoms. The van der Waals surface area contributed by atoms with Crippen LogP contribution in [0.3, 0.4) is 0 Å². The fraction of sp³-hybridized carbons (Fsp3) is 0.500. The van der Waals surface area contributed by atoms with E-state index in [1.54, 1.807) is 35.4 Å². The molecule has 0 bridgehead atoms. The van der Waals surface area contributed by atoms with Gasteiger partial charge in [0, 0.05) is 51.2 Å². The van der Waals surface area contributed by atoms with Gasteiger partial charge in [-0.25, -0.2) is 28.1 Å². The van der Waals surface area contributed by atoms with Crippen LogP contribution in [0.2, 0.25) is 0 Å². The molecule has 0 aliphatic carbocycles. The summed E-state index contributed by atoms with van der Waals surface area (Å²) in [6.45, 7) is 8.32. The normalized spacial score (nSPS) is 21.7. The van der Waals surface area contributed by atoms with E-state index in [1.807, 2.05) is 30.7 Å². The van der Waals surface area contributed by atoms with Gasteiger partial charge in [-0.3, -0.25) is 0 Å². The molecule has 0 N–H and O–H groups in total. The van der Waals surface area contributed by atoms with Crippen molar-refractivity contribution in [2.24, 2.45) is 18.9 Å². The minimum Gasteiger partial charge on any atom is -0.356 e. The third-order valence-corrected chi connectivity index (χ3v) is 8.04. The van der Waals surface area contributed by atoms with Crippen molar-refractivity contribution in [3.05, 3.63) is 41.9 Å². The van der Waals surface area contributed by atoms with E-state index in [-0.39, 0.29) is 16.9 Å². The average molecular weight is 443 g/mol. The van der Waals surface area contributed by atoms with Crippen LogP contribution in [0.4, 0.5) is 5.82 Å². The van der Waals surface area contributed by atoms with Crippen LogP contribution >= 0.6 is 0 Å². The van der Waals surface area contributed by atoms with Crippen LogP contribution in [-0.4, -0.2) is 68.2 Å². The molecule has 3 aromatic heterocycles. The van der Waals surface area contributed by atoms with E-state index in [2.05, 4.69) is 25.0 Å². The van der Waals surface area contributed by atoms with Gasteiger partial charge in [0.05, 0.1) is 5.69 Å². The van der Waals surface area contributed by atoms with E-state index in [4.69, 9.17) is 0 Å². The lowest BCUT2D eigenvalue weighted by atomic mass is 10.0. The maximum absolute atomic E-state index is 13.0. The Morgan fingerprint density at radius 3 is 2.23 bits per heavy atom. The van der Waals surface area contributed by atoms with Crippen molar-refractivity contribution in [3.8, 4) is 5.82 Å². The van der Waals surface area contributed by atoms with E-state index >= 15 is 0 Å². The molecular weight excluding hydrogens is 416 g/mol. The summed E-state index contributed by atoms with van der Waals surface area (Å²) in [7, 11) is -1.76. The molecule has 0 saturated carbocycles. The molecule has 2 saturated heterocycles. The van der Waals surface area contributed by atoms with Gasteiger partial charge in [-0.2, -0.15) is 9.40 Å². The number of sulfonamides is 1. The lowest BCUT2D eigenvalue weighted by Crippen LogP contribution is -2.33. The minimum atomic E-state index is -3.56. The SMILES string of the molecule is Cc1cc(C)n(-c2cc(N3CC4CN(S(=O)(=O)c5cn(C)c(C)n5)CC4C3)ncn2)n1. The van der Waals surface area contributed by atoms with Gasteiger partial charge < -0.3 is 9.47 Å². The van der Waals surface area contributed by atoms with Crippen LogP contribution in [0, 0.1) is 32.6 Å². The van der Waals surface area contributed by atoms with Gasteiger partial charge >= 0.3 is 0 Å². The topological polar surface area (TPSA) is 102 Å². The number of aromatic nitrogens is 6. The summed E-state index contributed by atoms with van der Waals surface area (Å²) in [4.78, 5) is 15.3. The number of hydrogen-bond acceptors (Lipinski definition) is 7. The molecule has 10 nitrogen and oxygen atoms in total. The molecule has 11 heteroatoms. The highest BCUT2D eigenvalue weighted by molar-refractivity contribution is 7.89. The Morgan fingerprint density at radius 1 is 0.968 bits per heavy atom. The van der Waals surface area contributed by atoms with Crippen molar-refractivity contribution in [2.45, 2.75) is 25.8 Å². The van der Waals surface area contributed by atoms with E-state index in [9.17, 15) is 8.42 Å². The minimum absolute atomic E-state index is 0.134. The lowest BCUT2D eigenvalue weighted by molar-refractivity contribution is 0.451.